The highest BCUT2D eigenvalue weighted by atomic mass is 32.1. The Morgan fingerprint density at radius 2 is 1.79 bits per heavy atom. The summed E-state index contributed by atoms with van der Waals surface area (Å²) >= 11 is 1.25. The van der Waals surface area contributed by atoms with Gasteiger partial charge in [0.05, 0.1) is 23.1 Å². The molecule has 1 saturated heterocycles. The predicted molar refractivity (Wildman–Crippen MR) is 143 cm³/mol. The number of hydrogen-bond donors (Lipinski definition) is 3. The minimum absolute atomic E-state index is 0.0523. The molecule has 38 heavy (non-hydrogen) atoms. The molecule has 2 aliphatic heterocycles. The monoisotopic (exact) mass is 533 g/mol. The van der Waals surface area contributed by atoms with Crippen molar-refractivity contribution in [3.8, 4) is 16.2 Å². The van der Waals surface area contributed by atoms with Gasteiger partial charge in [0.1, 0.15) is 16.4 Å². The minimum Gasteiger partial charge on any atom is -0.486 e. The summed E-state index contributed by atoms with van der Waals surface area (Å²) in [4.78, 5) is 52.4. The van der Waals surface area contributed by atoms with Gasteiger partial charge in [-0.05, 0) is 42.8 Å². The number of thiophene rings is 1. The Labute approximate surface area is 223 Å². The van der Waals surface area contributed by atoms with Crippen molar-refractivity contribution >= 4 is 40.0 Å². The second-order valence-electron chi connectivity index (χ2n) is 9.39. The number of ketones is 1. The number of ether oxygens (including phenoxy) is 1. The number of Topliss-reactive ketones (excluding diaryl/α,β-unsaturated/α-hetero) is 1. The summed E-state index contributed by atoms with van der Waals surface area (Å²) < 4.78 is 6.29. The molecular formula is C28H27N3O6S. The van der Waals surface area contributed by atoms with Crippen LogP contribution in [0.1, 0.15) is 57.3 Å². The van der Waals surface area contributed by atoms with Crippen LogP contribution in [0, 0.1) is 0 Å². The molecule has 2 aromatic carbocycles. The van der Waals surface area contributed by atoms with Crippen LogP contribution in [0.4, 0.5) is 9.80 Å². The number of carboxylic acids is 1. The average molecular weight is 534 g/mol. The largest absolute Gasteiger partial charge is 0.486 e. The number of fused-ring (bicyclic) bond motifs is 1. The summed E-state index contributed by atoms with van der Waals surface area (Å²) in [5.74, 6) is -0.601. The van der Waals surface area contributed by atoms with Gasteiger partial charge in [0, 0.05) is 37.4 Å². The number of aromatic carboxylic acids is 1. The number of para-hydroxylation sites is 1. The Kier molecular flexibility index (Phi) is 6.90. The number of likely N-dealkylation sites (tertiary alicyclic amines) is 1. The van der Waals surface area contributed by atoms with Gasteiger partial charge in [0.2, 0.25) is 0 Å². The van der Waals surface area contributed by atoms with E-state index in [4.69, 9.17) is 4.74 Å². The van der Waals surface area contributed by atoms with Gasteiger partial charge in [-0.2, -0.15) is 0 Å². The van der Waals surface area contributed by atoms with Crippen molar-refractivity contribution < 1.29 is 29.0 Å². The fraction of sp³-hybridized carbons (Fsp3) is 0.286. The fourth-order valence-corrected chi connectivity index (χ4v) is 5.93. The number of urea groups is 1. The van der Waals surface area contributed by atoms with Gasteiger partial charge in [-0.3, -0.25) is 14.9 Å². The number of hydrogen-bond acceptors (Lipinski definition) is 6. The lowest BCUT2D eigenvalue weighted by molar-refractivity contribution is -0.00568. The SMILES string of the molecule is CCNC(=O)Nc1sc(-c2ccc(C(=O)O)cc2)cc1C(=O)N1CCC2(CC1)CC(=O)c1ccccc1O2. The van der Waals surface area contributed by atoms with E-state index in [1.807, 2.05) is 12.1 Å². The molecule has 3 aromatic rings. The molecule has 0 bridgehead atoms. The van der Waals surface area contributed by atoms with Gasteiger partial charge < -0.3 is 20.1 Å². The lowest BCUT2D eigenvalue weighted by Crippen LogP contribution is -2.52. The van der Waals surface area contributed by atoms with Crippen molar-refractivity contribution in [2.24, 2.45) is 0 Å². The highest BCUT2D eigenvalue weighted by Gasteiger charge is 2.44. The molecule has 0 aliphatic carbocycles. The number of amides is 3. The van der Waals surface area contributed by atoms with Gasteiger partial charge in [0.25, 0.3) is 5.91 Å². The molecule has 0 atom stereocenters. The predicted octanol–water partition coefficient (Wildman–Crippen LogP) is 4.89. The summed E-state index contributed by atoms with van der Waals surface area (Å²) in [5.41, 5.74) is 1.23. The summed E-state index contributed by atoms with van der Waals surface area (Å²) in [7, 11) is 0. The number of benzene rings is 2. The Morgan fingerprint density at radius 1 is 1.08 bits per heavy atom. The zero-order valence-corrected chi connectivity index (χ0v) is 21.6. The Balaban J connectivity index is 1.36. The van der Waals surface area contributed by atoms with Crippen LogP contribution in [-0.2, 0) is 0 Å². The molecule has 0 saturated carbocycles. The van der Waals surface area contributed by atoms with E-state index in [-0.39, 0.29) is 23.7 Å². The normalized spacial score (nSPS) is 15.9. The van der Waals surface area contributed by atoms with Crippen molar-refractivity contribution in [1.29, 1.82) is 0 Å². The van der Waals surface area contributed by atoms with Crippen LogP contribution >= 0.6 is 11.3 Å². The number of carbonyl (C=O) groups is 4. The standard InChI is InChI=1S/C28H27N3O6S/c1-2-29-27(36)30-24-20(15-23(38-24)17-7-9-18(10-8-17)26(34)35)25(33)31-13-11-28(12-14-31)16-21(32)19-5-3-4-6-22(19)37-28/h3-10,15H,2,11-14,16H2,1H3,(H,34,35)(H2,29,30,36). The molecular weight excluding hydrogens is 506 g/mol. The molecule has 10 heteroatoms. The number of rotatable bonds is 5. The van der Waals surface area contributed by atoms with Crippen molar-refractivity contribution in [3.63, 3.8) is 0 Å². The second-order valence-corrected chi connectivity index (χ2v) is 10.4. The minimum atomic E-state index is -1.02. The molecule has 3 amide bonds. The van der Waals surface area contributed by atoms with Crippen molar-refractivity contribution in [3.05, 3.63) is 71.3 Å². The second kappa shape index (κ2) is 10.3. The number of nitrogens with zero attached hydrogens (tertiary/aromatic N) is 1. The molecule has 9 nitrogen and oxygen atoms in total. The van der Waals surface area contributed by atoms with E-state index in [1.54, 1.807) is 42.2 Å². The first-order valence-corrected chi connectivity index (χ1v) is 13.2. The highest BCUT2D eigenvalue weighted by Crippen LogP contribution is 2.41. The van der Waals surface area contributed by atoms with Crippen molar-refractivity contribution in [2.45, 2.75) is 31.8 Å². The van der Waals surface area contributed by atoms with Gasteiger partial charge >= 0.3 is 12.0 Å². The van der Waals surface area contributed by atoms with Gasteiger partial charge in [0.15, 0.2) is 5.78 Å². The lowest BCUT2D eigenvalue weighted by Gasteiger charge is -2.43. The molecule has 1 fully saturated rings. The topological polar surface area (TPSA) is 125 Å². The van der Waals surface area contributed by atoms with E-state index >= 15 is 0 Å². The quantitative estimate of drug-likeness (QED) is 0.429. The summed E-state index contributed by atoms with van der Waals surface area (Å²) in [5, 5.41) is 15.1. The van der Waals surface area contributed by atoms with E-state index in [0.717, 1.165) is 10.4 Å². The van der Waals surface area contributed by atoms with E-state index < -0.39 is 17.6 Å². The van der Waals surface area contributed by atoms with E-state index in [1.165, 1.54) is 23.5 Å². The fourth-order valence-electron chi connectivity index (χ4n) is 4.88. The zero-order valence-electron chi connectivity index (χ0n) is 20.8. The highest BCUT2D eigenvalue weighted by molar-refractivity contribution is 7.20. The average Bonchev–Trinajstić information content (AvgIpc) is 3.32. The third-order valence-corrected chi connectivity index (χ3v) is 8.00. The maximum atomic E-state index is 13.7. The number of carbonyl (C=O) groups excluding carboxylic acids is 3. The maximum Gasteiger partial charge on any atom is 0.335 e. The molecule has 3 heterocycles. The smallest absolute Gasteiger partial charge is 0.335 e. The lowest BCUT2D eigenvalue weighted by atomic mass is 9.82. The van der Waals surface area contributed by atoms with Crippen LogP contribution in [0.2, 0.25) is 0 Å². The number of carboxylic acid groups (broad SMARTS) is 1. The Morgan fingerprint density at radius 3 is 2.47 bits per heavy atom. The first kappa shape index (κ1) is 25.5. The van der Waals surface area contributed by atoms with Crippen LogP contribution in [0.5, 0.6) is 5.75 Å². The summed E-state index contributed by atoms with van der Waals surface area (Å²) in [6, 6.07) is 14.9. The molecule has 3 N–H and O–H groups in total. The van der Waals surface area contributed by atoms with Crippen LogP contribution in [0.3, 0.4) is 0 Å². The molecule has 0 radical (unpaired) electrons. The summed E-state index contributed by atoms with van der Waals surface area (Å²) in [6.07, 6.45) is 1.32. The number of anilines is 1. The van der Waals surface area contributed by atoms with E-state index in [0.29, 0.717) is 54.4 Å². The van der Waals surface area contributed by atoms with Gasteiger partial charge in [-0.15, -0.1) is 11.3 Å². The molecule has 0 unspecified atom stereocenters. The van der Waals surface area contributed by atoms with Crippen molar-refractivity contribution in [2.75, 3.05) is 25.0 Å². The van der Waals surface area contributed by atoms with Crippen molar-refractivity contribution in [1.82, 2.24) is 10.2 Å². The number of nitrogens with one attached hydrogen (secondary N) is 2. The number of piperidine rings is 1. The first-order valence-electron chi connectivity index (χ1n) is 12.4. The molecule has 1 spiro atoms. The maximum absolute atomic E-state index is 13.7. The third kappa shape index (κ3) is 4.99. The Hall–Kier alpha value is -4.18. The molecule has 196 valence electrons. The van der Waals surface area contributed by atoms with E-state index in [2.05, 4.69) is 10.6 Å². The zero-order chi connectivity index (χ0) is 26.9. The van der Waals surface area contributed by atoms with E-state index in [9.17, 15) is 24.3 Å². The molecule has 5 rings (SSSR count). The van der Waals surface area contributed by atoms with Crippen LogP contribution < -0.4 is 15.4 Å². The van der Waals surface area contributed by atoms with Crippen LogP contribution in [-0.4, -0.2) is 58.9 Å². The van der Waals surface area contributed by atoms with Gasteiger partial charge in [-0.25, -0.2) is 9.59 Å². The molecule has 1 aromatic heterocycles. The third-order valence-electron chi connectivity index (χ3n) is 6.90. The van der Waals surface area contributed by atoms with Crippen LogP contribution in [0.15, 0.2) is 54.6 Å². The molecule has 2 aliphatic rings. The van der Waals surface area contributed by atoms with Gasteiger partial charge in [-0.1, -0.05) is 24.3 Å². The Bertz CT molecular complexity index is 1410. The van der Waals surface area contributed by atoms with Crippen LogP contribution in [0.25, 0.3) is 10.4 Å². The summed E-state index contributed by atoms with van der Waals surface area (Å²) in [6.45, 7) is 3.05. The first-order chi connectivity index (χ1) is 18.3.